The molecule has 17 heavy (non-hydrogen) atoms. The van der Waals surface area contributed by atoms with Gasteiger partial charge in [0.1, 0.15) is 6.61 Å². The molecule has 0 saturated carbocycles. The van der Waals surface area contributed by atoms with Crippen LogP contribution in [0.2, 0.25) is 15.1 Å². The molecule has 3 N–H and O–H groups in total. The van der Waals surface area contributed by atoms with E-state index in [4.69, 9.17) is 45.6 Å². The number of aliphatic hydroxyl groups is 1. The molecule has 0 radical (unpaired) electrons. The number of nitrogens with two attached hydrogens (primary N) is 1. The fraction of sp³-hybridized carbons (Fsp3) is 0.333. The van der Waals surface area contributed by atoms with Gasteiger partial charge >= 0.3 is 0 Å². The normalized spacial score (nSPS) is 13.1. The molecule has 8 heteroatoms. The number of rotatable bonds is 3. The summed E-state index contributed by atoms with van der Waals surface area (Å²) in [6, 6.07) is 0.754. The van der Waals surface area contributed by atoms with E-state index in [-0.39, 0.29) is 33.0 Å². The van der Waals surface area contributed by atoms with Gasteiger partial charge < -0.3 is 10.8 Å². The Bertz CT molecular complexity index is 403. The SMILES string of the molecule is Cl.N[C@@H](c1cc(Cl)cc(Cl)c1Cl)C(F)(F)CO. The van der Waals surface area contributed by atoms with Crippen LogP contribution in [-0.2, 0) is 0 Å². The molecule has 0 bridgehead atoms. The first kappa shape index (κ1) is 17.2. The van der Waals surface area contributed by atoms with Crippen LogP contribution >= 0.6 is 47.2 Å². The largest absolute Gasteiger partial charge is 0.390 e. The number of benzene rings is 1. The van der Waals surface area contributed by atoms with Gasteiger partial charge in [-0.1, -0.05) is 34.8 Å². The van der Waals surface area contributed by atoms with E-state index >= 15 is 0 Å². The maximum atomic E-state index is 13.2. The molecular formula is C9H9Cl4F2NO. The molecule has 1 rings (SSSR count). The summed E-state index contributed by atoms with van der Waals surface area (Å²) in [6.07, 6.45) is 0. The maximum absolute atomic E-state index is 13.2. The first-order valence-electron chi connectivity index (χ1n) is 4.18. The number of aliphatic hydroxyl groups excluding tert-OH is 1. The van der Waals surface area contributed by atoms with Crippen LogP contribution in [0, 0.1) is 0 Å². The van der Waals surface area contributed by atoms with Crippen LogP contribution in [0.4, 0.5) is 8.78 Å². The summed E-state index contributed by atoms with van der Waals surface area (Å²) >= 11 is 17.1. The van der Waals surface area contributed by atoms with Crippen molar-refractivity contribution >= 4 is 47.2 Å². The second-order valence-electron chi connectivity index (χ2n) is 3.19. The molecule has 98 valence electrons. The lowest BCUT2D eigenvalue weighted by molar-refractivity contribution is -0.0711. The molecule has 0 spiro atoms. The Morgan fingerprint density at radius 1 is 1.29 bits per heavy atom. The van der Waals surface area contributed by atoms with Crippen molar-refractivity contribution in [1.82, 2.24) is 0 Å². The van der Waals surface area contributed by atoms with Gasteiger partial charge in [-0.3, -0.25) is 0 Å². The fourth-order valence-electron chi connectivity index (χ4n) is 1.13. The highest BCUT2D eigenvalue weighted by atomic mass is 35.5. The number of hydrogen-bond acceptors (Lipinski definition) is 2. The van der Waals surface area contributed by atoms with Gasteiger partial charge in [-0.05, 0) is 17.7 Å². The second kappa shape index (κ2) is 6.36. The number of halogens is 6. The molecule has 0 aliphatic rings. The van der Waals surface area contributed by atoms with Gasteiger partial charge in [-0.2, -0.15) is 0 Å². The van der Waals surface area contributed by atoms with Crippen LogP contribution in [0.3, 0.4) is 0 Å². The van der Waals surface area contributed by atoms with E-state index in [9.17, 15) is 8.78 Å². The van der Waals surface area contributed by atoms with Gasteiger partial charge in [-0.25, -0.2) is 8.78 Å². The average Bonchev–Trinajstić information content (AvgIpc) is 2.22. The predicted octanol–water partition coefficient (Wildman–Crippen LogP) is 3.70. The van der Waals surface area contributed by atoms with Gasteiger partial charge in [0.15, 0.2) is 0 Å². The minimum Gasteiger partial charge on any atom is -0.390 e. The van der Waals surface area contributed by atoms with Crippen molar-refractivity contribution in [3.8, 4) is 0 Å². The van der Waals surface area contributed by atoms with Crippen molar-refractivity contribution < 1.29 is 13.9 Å². The van der Waals surface area contributed by atoms with Crippen LogP contribution in [0.1, 0.15) is 11.6 Å². The summed E-state index contributed by atoms with van der Waals surface area (Å²) in [5, 5.41) is 8.61. The minimum atomic E-state index is -3.49. The highest BCUT2D eigenvalue weighted by molar-refractivity contribution is 6.43. The summed E-state index contributed by atoms with van der Waals surface area (Å²) in [5.74, 6) is -3.49. The van der Waals surface area contributed by atoms with E-state index in [0.717, 1.165) is 0 Å². The molecule has 1 atom stereocenters. The molecule has 1 aromatic carbocycles. The van der Waals surface area contributed by atoms with Gasteiger partial charge in [0.05, 0.1) is 16.1 Å². The number of hydrogen-bond donors (Lipinski definition) is 2. The Morgan fingerprint density at radius 2 is 1.82 bits per heavy atom. The summed E-state index contributed by atoms with van der Waals surface area (Å²) in [7, 11) is 0. The molecule has 0 fully saturated rings. The predicted molar refractivity (Wildman–Crippen MR) is 67.7 cm³/mol. The van der Waals surface area contributed by atoms with E-state index in [0.29, 0.717) is 0 Å². The third-order valence-electron chi connectivity index (χ3n) is 2.02. The van der Waals surface area contributed by atoms with E-state index in [2.05, 4.69) is 0 Å². The zero-order valence-corrected chi connectivity index (χ0v) is 11.3. The van der Waals surface area contributed by atoms with E-state index in [1.54, 1.807) is 0 Å². The Balaban J connectivity index is 0.00000256. The highest BCUT2D eigenvalue weighted by Gasteiger charge is 2.38. The summed E-state index contributed by atoms with van der Waals surface area (Å²) in [5.41, 5.74) is 5.21. The van der Waals surface area contributed by atoms with Crippen molar-refractivity contribution in [2.45, 2.75) is 12.0 Å². The molecule has 1 aromatic rings. The van der Waals surface area contributed by atoms with Crippen LogP contribution in [0.15, 0.2) is 12.1 Å². The van der Waals surface area contributed by atoms with Gasteiger partial charge in [0.2, 0.25) is 0 Å². The van der Waals surface area contributed by atoms with Crippen molar-refractivity contribution in [1.29, 1.82) is 0 Å². The first-order chi connectivity index (χ1) is 7.29. The molecule has 2 nitrogen and oxygen atoms in total. The zero-order chi connectivity index (χ0) is 12.5. The monoisotopic (exact) mass is 325 g/mol. The third kappa shape index (κ3) is 3.81. The summed E-state index contributed by atoms with van der Waals surface area (Å²) in [4.78, 5) is 0. The Kier molecular flexibility index (Phi) is 6.42. The molecule has 0 unspecified atom stereocenters. The van der Waals surface area contributed by atoms with Crippen LogP contribution < -0.4 is 5.73 Å². The highest BCUT2D eigenvalue weighted by Crippen LogP contribution is 2.38. The number of alkyl halides is 2. The quantitative estimate of drug-likeness (QED) is 0.832. The van der Waals surface area contributed by atoms with Gasteiger partial charge in [-0.15, -0.1) is 12.4 Å². The topological polar surface area (TPSA) is 46.2 Å². The molecule has 0 amide bonds. The van der Waals surface area contributed by atoms with E-state index < -0.39 is 18.6 Å². The minimum absolute atomic E-state index is 0. The van der Waals surface area contributed by atoms with Crippen LogP contribution in [0.25, 0.3) is 0 Å². The zero-order valence-electron chi connectivity index (χ0n) is 8.26. The van der Waals surface area contributed by atoms with Crippen molar-refractivity contribution in [2.24, 2.45) is 5.73 Å². The molecule has 0 aliphatic carbocycles. The average molecular weight is 327 g/mol. The van der Waals surface area contributed by atoms with Crippen LogP contribution in [0.5, 0.6) is 0 Å². The van der Waals surface area contributed by atoms with Crippen molar-refractivity contribution in [2.75, 3.05) is 6.61 Å². The first-order valence-corrected chi connectivity index (χ1v) is 5.31. The standard InChI is InChI=1S/C9H8Cl3F2NO.ClH/c10-4-1-5(7(12)6(11)2-4)8(15)9(13,14)3-16;/h1-2,8,16H,3,15H2;1H/t8-;/m0./s1. The lowest BCUT2D eigenvalue weighted by Gasteiger charge is -2.23. The Labute approximate surface area is 118 Å². The maximum Gasteiger partial charge on any atom is 0.289 e. The Hall–Kier alpha value is 0.160. The molecule has 0 heterocycles. The molecule has 0 aromatic heterocycles. The fourth-order valence-corrected chi connectivity index (χ4v) is 1.86. The van der Waals surface area contributed by atoms with Crippen molar-refractivity contribution in [3.05, 3.63) is 32.8 Å². The second-order valence-corrected chi connectivity index (χ2v) is 4.41. The van der Waals surface area contributed by atoms with E-state index in [1.807, 2.05) is 0 Å². The lowest BCUT2D eigenvalue weighted by atomic mass is 10.0. The van der Waals surface area contributed by atoms with Gasteiger partial charge in [0.25, 0.3) is 5.92 Å². The molecule has 0 saturated heterocycles. The van der Waals surface area contributed by atoms with E-state index in [1.165, 1.54) is 12.1 Å². The third-order valence-corrected chi connectivity index (χ3v) is 3.06. The molecular weight excluding hydrogens is 318 g/mol. The summed E-state index contributed by atoms with van der Waals surface area (Å²) < 4.78 is 26.3. The smallest absolute Gasteiger partial charge is 0.289 e. The summed E-state index contributed by atoms with van der Waals surface area (Å²) in [6.45, 7) is -1.38. The van der Waals surface area contributed by atoms with Crippen LogP contribution in [-0.4, -0.2) is 17.6 Å². The van der Waals surface area contributed by atoms with Crippen molar-refractivity contribution in [3.63, 3.8) is 0 Å². The lowest BCUT2D eigenvalue weighted by Crippen LogP contribution is -2.36. The Morgan fingerprint density at radius 3 is 2.29 bits per heavy atom. The molecule has 0 aliphatic heterocycles. The van der Waals surface area contributed by atoms with Gasteiger partial charge in [0, 0.05) is 5.02 Å².